The number of hydrogen-bond donors (Lipinski definition) is 4. The summed E-state index contributed by atoms with van der Waals surface area (Å²) in [6, 6.07) is 110. The summed E-state index contributed by atoms with van der Waals surface area (Å²) in [6.07, 6.45) is 0. The third-order valence-electron chi connectivity index (χ3n) is 20.3. The summed E-state index contributed by atoms with van der Waals surface area (Å²) >= 11 is 39.4. The van der Waals surface area contributed by atoms with Crippen molar-refractivity contribution in [1.29, 1.82) is 0 Å². The van der Waals surface area contributed by atoms with E-state index >= 15 is 0 Å². The summed E-state index contributed by atoms with van der Waals surface area (Å²) in [5.74, 6) is -1.04. The summed E-state index contributed by atoms with van der Waals surface area (Å²) in [7, 11) is 0.123. The molecule has 18 aromatic rings. The van der Waals surface area contributed by atoms with E-state index in [-0.39, 0.29) is 47.1 Å². The molecule has 0 amide bonds. The second-order valence-electron chi connectivity index (χ2n) is 29.1. The molecule has 1 radical (unpaired) electrons. The first-order valence-corrected chi connectivity index (χ1v) is 42.9. The number of phenols is 3. The first-order chi connectivity index (χ1) is 59.7. The summed E-state index contributed by atoms with van der Waals surface area (Å²) < 4.78 is 70.1. The second kappa shape index (κ2) is 41.7. The van der Waals surface area contributed by atoms with Gasteiger partial charge in [-0.15, -0.1) is 0 Å². The number of furan rings is 2. The number of halogens is 11. The molecule has 0 saturated carbocycles. The molecule has 124 heavy (non-hydrogen) atoms. The molecule has 9 nitrogen and oxygen atoms in total. The first-order valence-electron chi connectivity index (χ1n) is 38.6. The minimum Gasteiger partial charge on any atom is -0.535 e. The summed E-state index contributed by atoms with van der Waals surface area (Å²) in [6.45, 7) is 8.32. The zero-order valence-electron chi connectivity index (χ0n) is 66.6. The molecule has 1 aliphatic rings. The average Bonchev–Trinajstić information content (AvgIpc) is 1.58. The number of aromatic hydroxyl groups is 3. The molecule has 1 aliphatic heterocycles. The number of hydrogen-bond acceptors (Lipinski definition) is 9. The SMILES string of the molecule is CC1(C)OB(c2ccc(-c3cccc(-c4ccccc4)c3)cc2)OC1(C)C.Clc1cc(-c2ccc(-c3cccc(-c4ccccc4)c3)cc2)c2oc3ccccc3c2c1.Clc1cc(Br)c2oc3ccccc3c2c1.O[B]Oc1ccccc1F.Oc1c(Br)cc(Cl)cc1-c1ccccc1F.Oc1ccc(Cl)cc1-c1ccccc1F.Oc1ccc(Cl)cc1Br. The molecular formula is C102H74B2Br3Cl5F3O9. The standard InChI is InChI=1S/C30H19ClO.C24H25BO2.C12H7BrClFO.C12H6BrClO.C12H8ClFO.C6H5BFO2.C6H4BrClO/c31-25-18-27(30-28(19-25)26-11-4-5-12-29(26)32-30)22-15-13-21(14-16-22)24-10-6-9-23(17-24)20-7-2-1-3-8-20;1-23(2)24(3,4)27-25(26-23)22-15-13-19(14-16-22)21-12-8-11-20(17-21)18-9-6-5-7-10-18;13-10-6-7(14)5-9(12(10)16)8-3-1-2-4-11(8)15;13-10-6-7(14)5-9-8-3-1-2-4-11(8)15-12(9)10;13-8-5-6-12(15)10(7-8)9-3-1-2-4-11(9)14;8-5-3-1-2-4-6(5)10-7-9;7-5-3-4(8)1-2-6(5)9/h1-19H;5-17H,1-4H3;1-6,16H;1-6H;1-7,15H;1-4,9H;1-3,9H. The van der Waals surface area contributed by atoms with Gasteiger partial charge in [-0.3, -0.25) is 0 Å². The second-order valence-corrected chi connectivity index (χ2v) is 33.9. The van der Waals surface area contributed by atoms with Gasteiger partial charge < -0.3 is 43.1 Å². The first kappa shape index (κ1) is 90.7. The predicted molar refractivity (Wildman–Crippen MR) is 515 cm³/mol. The van der Waals surface area contributed by atoms with Crippen LogP contribution in [-0.4, -0.2) is 46.3 Å². The Morgan fingerprint density at radius 2 is 0.694 bits per heavy atom. The molecule has 0 aliphatic carbocycles. The Bertz CT molecular complexity index is 6740. The van der Waals surface area contributed by atoms with Gasteiger partial charge in [0.15, 0.2) is 5.82 Å². The number of rotatable bonds is 10. The normalized spacial score (nSPS) is 12.2. The molecular weight excluding hydrogens is 1860 g/mol. The van der Waals surface area contributed by atoms with Crippen molar-refractivity contribution in [2.45, 2.75) is 38.9 Å². The van der Waals surface area contributed by atoms with Crippen LogP contribution in [0.15, 0.2) is 374 Å². The van der Waals surface area contributed by atoms with E-state index in [1.54, 1.807) is 72.8 Å². The van der Waals surface area contributed by atoms with Crippen LogP contribution in [0.1, 0.15) is 27.7 Å². The molecule has 19 rings (SSSR count). The third-order valence-corrected chi connectivity index (χ3v) is 23.3. The van der Waals surface area contributed by atoms with Gasteiger partial charge in [-0.2, -0.15) is 0 Å². The Kier molecular flexibility index (Phi) is 30.5. The lowest BCUT2D eigenvalue weighted by Crippen LogP contribution is -2.41. The van der Waals surface area contributed by atoms with Crippen molar-refractivity contribution in [3.05, 3.63) is 408 Å². The van der Waals surface area contributed by atoms with Gasteiger partial charge in [0, 0.05) is 74.5 Å². The Labute approximate surface area is 767 Å². The van der Waals surface area contributed by atoms with Crippen LogP contribution >= 0.6 is 106 Å². The molecule has 0 spiro atoms. The van der Waals surface area contributed by atoms with Crippen LogP contribution in [-0.2, 0) is 9.31 Å². The number of benzene rings is 16. The molecule has 1 fully saturated rings. The van der Waals surface area contributed by atoms with Gasteiger partial charge in [-0.05, 0) is 252 Å². The summed E-state index contributed by atoms with van der Waals surface area (Å²) in [4.78, 5) is 0. The van der Waals surface area contributed by atoms with Crippen LogP contribution in [0.4, 0.5) is 13.2 Å². The number of para-hydroxylation sites is 3. The molecule has 0 unspecified atom stereocenters. The molecule has 0 bridgehead atoms. The summed E-state index contributed by atoms with van der Waals surface area (Å²) in [5.41, 5.74) is 17.1. The van der Waals surface area contributed by atoms with E-state index < -0.39 is 11.6 Å². The highest BCUT2D eigenvalue weighted by atomic mass is 79.9. The van der Waals surface area contributed by atoms with E-state index in [0.29, 0.717) is 64.0 Å². The highest BCUT2D eigenvalue weighted by molar-refractivity contribution is 9.11. The van der Waals surface area contributed by atoms with Crippen LogP contribution in [0, 0.1) is 17.5 Å². The van der Waals surface area contributed by atoms with Crippen LogP contribution in [0.5, 0.6) is 23.0 Å². The fourth-order valence-corrected chi connectivity index (χ4v) is 16.1. The van der Waals surface area contributed by atoms with Gasteiger partial charge in [0.05, 0.1) is 24.6 Å². The van der Waals surface area contributed by atoms with Gasteiger partial charge in [0.1, 0.15) is 57.0 Å². The quantitative estimate of drug-likeness (QED) is 0.0987. The lowest BCUT2D eigenvalue weighted by Gasteiger charge is -2.32. The van der Waals surface area contributed by atoms with Crippen LogP contribution in [0.3, 0.4) is 0 Å². The predicted octanol–water partition coefficient (Wildman–Crippen LogP) is 31.6. The van der Waals surface area contributed by atoms with E-state index in [1.807, 2.05) is 78.9 Å². The fraction of sp³-hybridized carbons (Fsp3) is 0.0588. The maximum atomic E-state index is 13.5. The van der Waals surface area contributed by atoms with Crippen molar-refractivity contribution >= 4 is 170 Å². The third kappa shape index (κ3) is 22.6. The molecule has 0 atom stereocenters. The van der Waals surface area contributed by atoms with Gasteiger partial charge in [-0.1, -0.05) is 289 Å². The minimum atomic E-state index is -0.493. The Balaban J connectivity index is 0.000000130. The topological polar surface area (TPSA) is 135 Å². The lowest BCUT2D eigenvalue weighted by atomic mass is 9.78. The molecule has 4 N–H and O–H groups in total. The van der Waals surface area contributed by atoms with E-state index in [0.717, 1.165) is 64.9 Å². The van der Waals surface area contributed by atoms with Gasteiger partial charge in [0.25, 0.3) is 0 Å². The monoisotopic (exact) mass is 1930 g/mol. The Morgan fingerprint density at radius 3 is 1.20 bits per heavy atom. The lowest BCUT2D eigenvalue weighted by molar-refractivity contribution is 0.00578. The summed E-state index contributed by atoms with van der Waals surface area (Å²) in [5, 5.41) is 43.7. The van der Waals surface area contributed by atoms with Crippen LogP contribution in [0.25, 0.3) is 122 Å². The van der Waals surface area contributed by atoms with E-state index in [9.17, 15) is 23.4 Å². The highest BCUT2D eigenvalue weighted by Gasteiger charge is 2.51. The molecule has 2 aromatic heterocycles. The molecule has 3 heterocycles. The van der Waals surface area contributed by atoms with Crippen molar-refractivity contribution < 1.29 is 56.3 Å². The number of phenolic OH excluding ortho intramolecular Hbond substituents is 3. The largest absolute Gasteiger partial charge is 0.569 e. The van der Waals surface area contributed by atoms with Crippen molar-refractivity contribution in [1.82, 2.24) is 0 Å². The Morgan fingerprint density at radius 1 is 0.315 bits per heavy atom. The minimum absolute atomic E-state index is 0.0181. The van der Waals surface area contributed by atoms with Gasteiger partial charge in [-0.25, -0.2) is 13.2 Å². The van der Waals surface area contributed by atoms with E-state index in [1.165, 1.54) is 93.0 Å². The molecule has 1 saturated heterocycles. The van der Waals surface area contributed by atoms with E-state index in [4.69, 9.17) is 86.3 Å². The van der Waals surface area contributed by atoms with Gasteiger partial charge in [0.2, 0.25) is 0 Å². The maximum absolute atomic E-state index is 13.5. The molecule has 16 aromatic carbocycles. The highest BCUT2D eigenvalue weighted by Crippen LogP contribution is 2.44. The maximum Gasteiger partial charge on any atom is 0.569 e. The van der Waals surface area contributed by atoms with Crippen molar-refractivity contribution in [3.8, 4) is 101 Å². The van der Waals surface area contributed by atoms with Gasteiger partial charge >= 0.3 is 14.8 Å². The number of fused-ring (bicyclic) bond motifs is 6. The van der Waals surface area contributed by atoms with Crippen molar-refractivity contribution in [2.75, 3.05) is 0 Å². The molecule has 619 valence electrons. The zero-order chi connectivity index (χ0) is 87.8. The molecule has 22 heteroatoms. The average molecular weight is 1940 g/mol. The van der Waals surface area contributed by atoms with Crippen molar-refractivity contribution in [2.24, 2.45) is 0 Å². The van der Waals surface area contributed by atoms with Crippen molar-refractivity contribution in [3.63, 3.8) is 0 Å². The smallest absolute Gasteiger partial charge is 0.535 e. The fourth-order valence-electron chi connectivity index (χ4n) is 13.4. The van der Waals surface area contributed by atoms with Crippen LogP contribution < -0.4 is 10.1 Å². The van der Waals surface area contributed by atoms with Crippen LogP contribution in [0.2, 0.25) is 25.1 Å². The zero-order valence-corrected chi connectivity index (χ0v) is 75.2. The Hall–Kier alpha value is -11.0. The van der Waals surface area contributed by atoms with E-state index in [2.05, 4.69) is 232 Å².